The summed E-state index contributed by atoms with van der Waals surface area (Å²) in [5.74, 6) is -0.0194. The van der Waals surface area contributed by atoms with E-state index in [1.165, 1.54) is 0 Å². The number of hydrogen-bond acceptors (Lipinski definition) is 2. The van der Waals surface area contributed by atoms with E-state index in [9.17, 15) is 4.79 Å². The summed E-state index contributed by atoms with van der Waals surface area (Å²) >= 11 is 5.86. The van der Waals surface area contributed by atoms with Crippen LogP contribution in [0.4, 0.5) is 0 Å². The van der Waals surface area contributed by atoms with Gasteiger partial charge in [0.05, 0.1) is 0 Å². The minimum absolute atomic E-state index is 0.0194. The summed E-state index contributed by atoms with van der Waals surface area (Å²) in [4.78, 5) is 11.6. The summed E-state index contributed by atoms with van der Waals surface area (Å²) in [6.45, 7) is 4.67. The Kier molecular flexibility index (Phi) is 4.79. The molecule has 0 aliphatic heterocycles. The highest BCUT2D eigenvalue weighted by molar-refractivity contribution is 6.31. The van der Waals surface area contributed by atoms with Crippen LogP contribution in [0.15, 0.2) is 18.2 Å². The number of Topliss-reactive ketones (excluding diaryl/α,β-unsaturated/α-hetero) is 1. The Morgan fingerprint density at radius 3 is 2.73 bits per heavy atom. The Balaban J connectivity index is 2.65. The average molecular weight is 227 g/mol. The zero-order valence-corrected chi connectivity index (χ0v) is 9.80. The fraction of sp³-hybridized carbons (Fsp3) is 0.417. The fourth-order valence-electron chi connectivity index (χ4n) is 1.29. The van der Waals surface area contributed by atoms with Gasteiger partial charge >= 0.3 is 0 Å². The van der Waals surface area contributed by atoms with E-state index >= 15 is 0 Å². The molecule has 0 radical (unpaired) electrons. The lowest BCUT2D eigenvalue weighted by molar-refractivity contribution is 0.0761. The van der Waals surface area contributed by atoms with Crippen LogP contribution in [0.1, 0.15) is 29.3 Å². The van der Waals surface area contributed by atoms with E-state index in [1.807, 2.05) is 26.0 Å². The van der Waals surface area contributed by atoms with E-state index in [0.717, 1.165) is 12.0 Å². The van der Waals surface area contributed by atoms with Gasteiger partial charge in [-0.1, -0.05) is 18.5 Å². The van der Waals surface area contributed by atoms with Gasteiger partial charge in [0, 0.05) is 17.2 Å². The summed E-state index contributed by atoms with van der Waals surface area (Å²) in [6, 6.07) is 5.32. The molecule has 0 amide bonds. The molecule has 0 N–H and O–H groups in total. The molecule has 0 saturated carbocycles. The SMILES string of the molecule is CCCOCC(=O)c1cc(C)cc(Cl)c1. The van der Waals surface area contributed by atoms with Crippen molar-refractivity contribution >= 4 is 17.4 Å². The maximum atomic E-state index is 11.6. The first kappa shape index (κ1) is 12.2. The van der Waals surface area contributed by atoms with Crippen molar-refractivity contribution in [2.75, 3.05) is 13.2 Å². The molecule has 1 aromatic rings. The summed E-state index contributed by atoms with van der Waals surface area (Å²) < 4.78 is 5.19. The number of carbonyl (C=O) groups is 1. The quantitative estimate of drug-likeness (QED) is 0.569. The Hall–Kier alpha value is -0.860. The molecular weight excluding hydrogens is 212 g/mol. The van der Waals surface area contributed by atoms with Crippen LogP contribution in [0.3, 0.4) is 0 Å². The number of halogens is 1. The van der Waals surface area contributed by atoms with Gasteiger partial charge in [-0.3, -0.25) is 4.79 Å². The third kappa shape index (κ3) is 4.02. The van der Waals surface area contributed by atoms with Gasteiger partial charge in [-0.2, -0.15) is 0 Å². The molecule has 0 aliphatic rings. The van der Waals surface area contributed by atoms with Gasteiger partial charge in [-0.25, -0.2) is 0 Å². The summed E-state index contributed by atoms with van der Waals surface area (Å²) in [6.07, 6.45) is 0.919. The van der Waals surface area contributed by atoms with Crippen molar-refractivity contribution in [1.29, 1.82) is 0 Å². The van der Waals surface area contributed by atoms with E-state index in [1.54, 1.807) is 6.07 Å². The summed E-state index contributed by atoms with van der Waals surface area (Å²) in [5, 5.41) is 0.592. The number of ketones is 1. The van der Waals surface area contributed by atoms with E-state index in [2.05, 4.69) is 0 Å². The van der Waals surface area contributed by atoms with Crippen LogP contribution < -0.4 is 0 Å². The molecule has 0 aliphatic carbocycles. The van der Waals surface area contributed by atoms with Crippen molar-refractivity contribution in [1.82, 2.24) is 0 Å². The normalized spacial score (nSPS) is 10.3. The van der Waals surface area contributed by atoms with Gasteiger partial charge in [0.1, 0.15) is 6.61 Å². The summed E-state index contributed by atoms with van der Waals surface area (Å²) in [7, 11) is 0. The highest BCUT2D eigenvalue weighted by Crippen LogP contribution is 2.15. The molecule has 0 atom stereocenters. The van der Waals surface area contributed by atoms with Crippen LogP contribution in [0.2, 0.25) is 5.02 Å². The first-order valence-corrected chi connectivity index (χ1v) is 5.39. The molecule has 0 spiro atoms. The van der Waals surface area contributed by atoms with Crippen molar-refractivity contribution in [2.45, 2.75) is 20.3 Å². The zero-order valence-electron chi connectivity index (χ0n) is 9.05. The van der Waals surface area contributed by atoms with Gasteiger partial charge in [0.25, 0.3) is 0 Å². The number of ether oxygens (including phenoxy) is 1. The lowest BCUT2D eigenvalue weighted by atomic mass is 10.1. The third-order valence-corrected chi connectivity index (χ3v) is 2.16. The van der Waals surface area contributed by atoms with Crippen molar-refractivity contribution in [3.8, 4) is 0 Å². The second kappa shape index (κ2) is 5.89. The number of aryl methyl sites for hydroxylation is 1. The molecule has 0 saturated heterocycles. The Bertz CT molecular complexity index is 327. The third-order valence-electron chi connectivity index (χ3n) is 1.95. The van der Waals surface area contributed by atoms with Gasteiger partial charge in [-0.05, 0) is 37.1 Å². The predicted octanol–water partition coefficient (Wildman–Crippen LogP) is 3.26. The fourth-order valence-corrected chi connectivity index (χ4v) is 1.58. The Morgan fingerprint density at radius 1 is 1.40 bits per heavy atom. The van der Waals surface area contributed by atoms with Crippen LogP contribution in [0.5, 0.6) is 0 Å². The number of carbonyl (C=O) groups excluding carboxylic acids is 1. The van der Waals surface area contributed by atoms with Crippen molar-refractivity contribution in [3.63, 3.8) is 0 Å². The maximum absolute atomic E-state index is 11.6. The molecule has 1 aromatic carbocycles. The largest absolute Gasteiger partial charge is 0.373 e. The minimum atomic E-state index is -0.0194. The summed E-state index contributed by atoms with van der Waals surface area (Å²) in [5.41, 5.74) is 1.61. The molecule has 0 fully saturated rings. The second-order valence-electron chi connectivity index (χ2n) is 3.49. The maximum Gasteiger partial charge on any atom is 0.188 e. The molecule has 1 rings (SSSR count). The van der Waals surface area contributed by atoms with Crippen molar-refractivity contribution < 1.29 is 9.53 Å². The van der Waals surface area contributed by atoms with Crippen LogP contribution in [0, 0.1) is 6.92 Å². The lowest BCUT2D eigenvalue weighted by Crippen LogP contribution is -2.09. The topological polar surface area (TPSA) is 26.3 Å². The lowest BCUT2D eigenvalue weighted by Gasteiger charge is -2.04. The average Bonchev–Trinajstić information content (AvgIpc) is 2.16. The first-order valence-electron chi connectivity index (χ1n) is 5.01. The highest BCUT2D eigenvalue weighted by atomic mass is 35.5. The van der Waals surface area contributed by atoms with Crippen molar-refractivity contribution in [2.24, 2.45) is 0 Å². The molecule has 0 aromatic heterocycles. The van der Waals surface area contributed by atoms with E-state index in [0.29, 0.717) is 17.2 Å². The van der Waals surface area contributed by atoms with Gasteiger partial charge < -0.3 is 4.74 Å². The van der Waals surface area contributed by atoms with Crippen LogP contribution in [-0.2, 0) is 4.74 Å². The highest BCUT2D eigenvalue weighted by Gasteiger charge is 2.07. The zero-order chi connectivity index (χ0) is 11.3. The van der Waals surface area contributed by atoms with E-state index in [4.69, 9.17) is 16.3 Å². The molecule has 15 heavy (non-hydrogen) atoms. The van der Waals surface area contributed by atoms with Gasteiger partial charge in [0.15, 0.2) is 5.78 Å². The molecule has 0 heterocycles. The first-order chi connectivity index (χ1) is 7.13. The smallest absolute Gasteiger partial charge is 0.188 e. The van der Waals surface area contributed by atoms with Crippen molar-refractivity contribution in [3.05, 3.63) is 34.3 Å². The van der Waals surface area contributed by atoms with E-state index in [-0.39, 0.29) is 12.4 Å². The van der Waals surface area contributed by atoms with Crippen LogP contribution >= 0.6 is 11.6 Å². The van der Waals surface area contributed by atoms with Gasteiger partial charge in [-0.15, -0.1) is 0 Å². The number of hydrogen-bond donors (Lipinski definition) is 0. The van der Waals surface area contributed by atoms with E-state index < -0.39 is 0 Å². The Morgan fingerprint density at radius 2 is 2.13 bits per heavy atom. The van der Waals surface area contributed by atoms with Gasteiger partial charge in [0.2, 0.25) is 0 Å². The minimum Gasteiger partial charge on any atom is -0.373 e. The molecule has 3 heteroatoms. The molecule has 0 unspecified atom stereocenters. The monoisotopic (exact) mass is 226 g/mol. The Labute approximate surface area is 95.2 Å². The predicted molar refractivity (Wildman–Crippen MR) is 61.6 cm³/mol. The molecule has 2 nitrogen and oxygen atoms in total. The number of rotatable bonds is 5. The standard InChI is InChI=1S/C12H15ClO2/c1-3-4-15-8-12(14)10-5-9(2)6-11(13)7-10/h5-7H,3-4,8H2,1-2H3. The molecule has 82 valence electrons. The number of benzene rings is 1. The molecular formula is C12H15ClO2. The molecule has 0 bridgehead atoms. The van der Waals surface area contributed by atoms with Crippen LogP contribution in [-0.4, -0.2) is 19.0 Å². The second-order valence-corrected chi connectivity index (χ2v) is 3.93. The van der Waals surface area contributed by atoms with Crippen LogP contribution in [0.25, 0.3) is 0 Å².